The third-order valence-electron chi connectivity index (χ3n) is 5.32. The fourth-order valence-corrected chi connectivity index (χ4v) is 3.94. The van der Waals surface area contributed by atoms with Crippen LogP contribution in [-0.4, -0.2) is 38.1 Å². The quantitative estimate of drug-likeness (QED) is 0.809. The number of benzene rings is 1. The summed E-state index contributed by atoms with van der Waals surface area (Å²) in [7, 11) is 3.27. The normalized spacial score (nSPS) is 18.4. The van der Waals surface area contributed by atoms with E-state index in [2.05, 4.69) is 0 Å². The second-order valence-corrected chi connectivity index (χ2v) is 6.94. The summed E-state index contributed by atoms with van der Waals surface area (Å²) in [5, 5.41) is 0. The highest BCUT2D eigenvalue weighted by Gasteiger charge is 2.24. The Balaban J connectivity index is 1.67. The van der Waals surface area contributed by atoms with E-state index in [0.29, 0.717) is 24.7 Å². The summed E-state index contributed by atoms with van der Waals surface area (Å²) in [6.45, 7) is 1.87. The SMILES string of the molecule is COc1ccc2c(c1OC)CCn1c-2cc(OCC2CCCCO2)cc1=O. The third-order valence-corrected chi connectivity index (χ3v) is 5.32. The lowest BCUT2D eigenvalue weighted by Gasteiger charge is -2.26. The largest absolute Gasteiger partial charge is 0.493 e. The molecule has 1 fully saturated rings. The lowest BCUT2D eigenvalue weighted by Crippen LogP contribution is -2.28. The molecule has 3 heterocycles. The first-order valence-electron chi connectivity index (χ1n) is 9.44. The van der Waals surface area contributed by atoms with Gasteiger partial charge in [0, 0.05) is 36.4 Å². The molecule has 0 amide bonds. The maximum Gasteiger partial charge on any atom is 0.254 e. The first-order chi connectivity index (χ1) is 13.2. The maximum atomic E-state index is 12.6. The summed E-state index contributed by atoms with van der Waals surface area (Å²) in [6.07, 6.45) is 4.10. The molecule has 1 aromatic heterocycles. The number of aromatic nitrogens is 1. The lowest BCUT2D eigenvalue weighted by atomic mass is 9.95. The Morgan fingerprint density at radius 1 is 1.19 bits per heavy atom. The predicted molar refractivity (Wildman–Crippen MR) is 102 cm³/mol. The molecule has 6 heteroatoms. The second kappa shape index (κ2) is 7.64. The molecular weight excluding hydrogens is 346 g/mol. The molecule has 1 saturated heterocycles. The highest BCUT2D eigenvalue weighted by molar-refractivity contribution is 5.72. The molecule has 0 radical (unpaired) electrons. The summed E-state index contributed by atoms with van der Waals surface area (Å²) in [5.74, 6) is 2.02. The van der Waals surface area contributed by atoms with Crippen LogP contribution >= 0.6 is 0 Å². The van der Waals surface area contributed by atoms with E-state index in [1.54, 1.807) is 24.9 Å². The van der Waals surface area contributed by atoms with Gasteiger partial charge in [-0.3, -0.25) is 4.79 Å². The van der Waals surface area contributed by atoms with Crippen LogP contribution in [0.5, 0.6) is 17.2 Å². The fourth-order valence-electron chi connectivity index (χ4n) is 3.94. The molecule has 1 unspecified atom stereocenters. The number of hydrogen-bond donors (Lipinski definition) is 0. The van der Waals surface area contributed by atoms with E-state index < -0.39 is 0 Å². The maximum absolute atomic E-state index is 12.6. The lowest BCUT2D eigenvalue weighted by molar-refractivity contribution is -0.0111. The Morgan fingerprint density at radius 3 is 2.81 bits per heavy atom. The highest BCUT2D eigenvalue weighted by atomic mass is 16.5. The van der Waals surface area contributed by atoms with Crippen molar-refractivity contribution in [3.63, 3.8) is 0 Å². The number of rotatable bonds is 5. The van der Waals surface area contributed by atoms with E-state index in [4.69, 9.17) is 18.9 Å². The molecule has 0 saturated carbocycles. The Labute approximate surface area is 158 Å². The van der Waals surface area contributed by atoms with Crippen LogP contribution in [0.1, 0.15) is 24.8 Å². The van der Waals surface area contributed by atoms with Gasteiger partial charge in [0.05, 0.1) is 26.0 Å². The minimum absolute atomic E-state index is 0.0486. The van der Waals surface area contributed by atoms with Crippen LogP contribution in [0.15, 0.2) is 29.1 Å². The van der Waals surface area contributed by atoms with Gasteiger partial charge in [-0.1, -0.05) is 0 Å². The van der Waals surface area contributed by atoms with E-state index in [1.807, 2.05) is 18.2 Å². The number of hydrogen-bond acceptors (Lipinski definition) is 5. The van der Waals surface area contributed by atoms with Gasteiger partial charge in [-0.15, -0.1) is 0 Å². The zero-order valence-electron chi connectivity index (χ0n) is 15.8. The molecule has 0 aliphatic carbocycles. The van der Waals surface area contributed by atoms with E-state index >= 15 is 0 Å². The minimum Gasteiger partial charge on any atom is -0.493 e. The van der Waals surface area contributed by atoms with Gasteiger partial charge in [-0.25, -0.2) is 0 Å². The smallest absolute Gasteiger partial charge is 0.254 e. The van der Waals surface area contributed by atoms with Crippen molar-refractivity contribution < 1.29 is 18.9 Å². The fraction of sp³-hybridized carbons (Fsp3) is 0.476. The Bertz CT molecular complexity index is 883. The molecule has 2 aliphatic rings. The average molecular weight is 371 g/mol. The van der Waals surface area contributed by atoms with Gasteiger partial charge in [0.1, 0.15) is 12.4 Å². The summed E-state index contributed by atoms with van der Waals surface area (Å²) in [6, 6.07) is 7.36. The minimum atomic E-state index is -0.0486. The van der Waals surface area contributed by atoms with Crippen molar-refractivity contribution in [2.75, 3.05) is 27.4 Å². The average Bonchev–Trinajstić information content (AvgIpc) is 2.71. The van der Waals surface area contributed by atoms with Crippen LogP contribution in [0.3, 0.4) is 0 Å². The van der Waals surface area contributed by atoms with Crippen molar-refractivity contribution in [3.8, 4) is 28.5 Å². The van der Waals surface area contributed by atoms with Crippen molar-refractivity contribution >= 4 is 0 Å². The van der Waals surface area contributed by atoms with Gasteiger partial charge in [-0.2, -0.15) is 0 Å². The standard InChI is InChI=1S/C21H25NO5/c1-24-19-7-6-16-17(21(19)25-2)8-9-22-18(16)11-15(12-20(22)23)27-13-14-5-3-4-10-26-14/h6-7,11-12,14H,3-5,8-10,13H2,1-2H3. The predicted octanol–water partition coefficient (Wildman–Crippen LogP) is 3.04. The highest BCUT2D eigenvalue weighted by Crippen LogP contribution is 2.41. The number of ether oxygens (including phenoxy) is 4. The summed E-state index contributed by atoms with van der Waals surface area (Å²) in [4.78, 5) is 12.6. The number of pyridine rings is 1. The third kappa shape index (κ3) is 3.41. The molecule has 6 nitrogen and oxygen atoms in total. The second-order valence-electron chi connectivity index (χ2n) is 6.94. The molecule has 0 N–H and O–H groups in total. The van der Waals surface area contributed by atoms with Crippen molar-refractivity contribution in [3.05, 3.63) is 40.2 Å². The van der Waals surface area contributed by atoms with Crippen molar-refractivity contribution in [1.29, 1.82) is 0 Å². The molecule has 27 heavy (non-hydrogen) atoms. The van der Waals surface area contributed by atoms with Crippen LogP contribution in [0.25, 0.3) is 11.3 Å². The first-order valence-corrected chi connectivity index (χ1v) is 9.44. The molecular formula is C21H25NO5. The van der Waals surface area contributed by atoms with Crippen LogP contribution < -0.4 is 19.8 Å². The summed E-state index contributed by atoms with van der Waals surface area (Å²) >= 11 is 0. The van der Waals surface area contributed by atoms with Crippen molar-refractivity contribution in [2.45, 2.75) is 38.3 Å². The van der Waals surface area contributed by atoms with Gasteiger partial charge < -0.3 is 23.5 Å². The molecule has 0 spiro atoms. The van der Waals surface area contributed by atoms with Crippen LogP contribution in [0, 0.1) is 0 Å². The monoisotopic (exact) mass is 371 g/mol. The van der Waals surface area contributed by atoms with Crippen LogP contribution in [0.4, 0.5) is 0 Å². The molecule has 2 aromatic rings. The molecule has 1 aromatic carbocycles. The van der Waals surface area contributed by atoms with Gasteiger partial charge in [0.15, 0.2) is 11.5 Å². The molecule has 0 bridgehead atoms. The van der Waals surface area contributed by atoms with Crippen LogP contribution in [0.2, 0.25) is 0 Å². The molecule has 2 aliphatic heterocycles. The number of fused-ring (bicyclic) bond motifs is 3. The van der Waals surface area contributed by atoms with Crippen molar-refractivity contribution in [2.24, 2.45) is 0 Å². The Morgan fingerprint density at radius 2 is 2.07 bits per heavy atom. The summed E-state index contributed by atoms with van der Waals surface area (Å²) in [5.41, 5.74) is 2.84. The zero-order valence-corrected chi connectivity index (χ0v) is 15.8. The molecule has 4 rings (SSSR count). The number of methoxy groups -OCH3 is 2. The first kappa shape index (κ1) is 17.9. The van der Waals surface area contributed by atoms with Gasteiger partial charge in [0.25, 0.3) is 5.56 Å². The van der Waals surface area contributed by atoms with E-state index in [0.717, 1.165) is 54.9 Å². The van der Waals surface area contributed by atoms with Crippen LogP contribution in [-0.2, 0) is 17.7 Å². The van der Waals surface area contributed by atoms with Gasteiger partial charge in [-0.05, 0) is 37.8 Å². The van der Waals surface area contributed by atoms with E-state index in [9.17, 15) is 4.79 Å². The topological polar surface area (TPSA) is 58.9 Å². The summed E-state index contributed by atoms with van der Waals surface area (Å²) < 4.78 is 24.4. The van der Waals surface area contributed by atoms with Crippen molar-refractivity contribution in [1.82, 2.24) is 4.57 Å². The molecule has 144 valence electrons. The van der Waals surface area contributed by atoms with E-state index in [1.165, 1.54) is 0 Å². The van der Waals surface area contributed by atoms with Gasteiger partial charge in [0.2, 0.25) is 0 Å². The Kier molecular flexibility index (Phi) is 5.07. The Hall–Kier alpha value is -2.47. The van der Waals surface area contributed by atoms with E-state index in [-0.39, 0.29) is 11.7 Å². The van der Waals surface area contributed by atoms with Gasteiger partial charge >= 0.3 is 0 Å². The zero-order chi connectivity index (χ0) is 18.8. The molecule has 1 atom stereocenters. The number of nitrogens with zero attached hydrogens (tertiary/aromatic N) is 1.